The summed E-state index contributed by atoms with van der Waals surface area (Å²) in [7, 11) is 0.303. The number of rotatable bonds is 10. The Kier molecular flexibility index (Phi) is 7.85. The Labute approximate surface area is 176 Å². The molecule has 1 heterocycles. The molecule has 2 nitrogen and oxygen atoms in total. The van der Waals surface area contributed by atoms with Crippen LogP contribution in [0.1, 0.15) is 32.1 Å². The average molecular weight is 450 g/mol. The maximum absolute atomic E-state index is 12.8. The van der Waals surface area contributed by atoms with Gasteiger partial charge in [0.05, 0.1) is 6.61 Å². The molecule has 0 amide bonds. The van der Waals surface area contributed by atoms with E-state index in [-0.39, 0.29) is 19.6 Å². The third-order valence-corrected chi connectivity index (χ3v) is 7.61. The van der Waals surface area contributed by atoms with Crippen molar-refractivity contribution in [3.63, 3.8) is 0 Å². The van der Waals surface area contributed by atoms with Crippen molar-refractivity contribution in [3.8, 4) is 5.75 Å². The molecule has 0 aliphatic carbocycles. The van der Waals surface area contributed by atoms with Gasteiger partial charge in [-0.25, -0.2) is 0 Å². The number of hydrogen-bond donors (Lipinski definition) is 0. The van der Waals surface area contributed by atoms with E-state index in [0.717, 1.165) is 11.1 Å². The molecule has 0 radical (unpaired) electrons. The second-order valence-corrected chi connectivity index (χ2v) is 9.58. The first-order valence-electron chi connectivity index (χ1n) is 10.1. The number of hydrogen-bond acceptors (Lipinski definition) is 2. The normalized spacial score (nSPS) is 15.8. The highest BCUT2D eigenvalue weighted by atomic mass is 32.2. The fourth-order valence-corrected chi connectivity index (χ4v) is 5.98. The van der Waals surface area contributed by atoms with Crippen LogP contribution in [0.5, 0.6) is 5.75 Å². The van der Waals surface area contributed by atoms with E-state index in [0.29, 0.717) is 23.9 Å². The molecule has 1 aliphatic heterocycles. The quantitative estimate of drug-likeness (QED) is 0.238. The third-order valence-electron chi connectivity index (χ3n) is 5.07. The Bertz CT molecular complexity index is 819. The van der Waals surface area contributed by atoms with E-state index in [1.54, 1.807) is 0 Å². The second kappa shape index (κ2) is 10.2. The Morgan fingerprint density at radius 3 is 2.17 bits per heavy atom. The Morgan fingerprint density at radius 1 is 0.800 bits per heavy atom. The largest absolute Gasteiger partial charge is 0.493 e. The second-order valence-electron chi connectivity index (χ2n) is 7.34. The van der Waals surface area contributed by atoms with Crippen molar-refractivity contribution in [2.45, 2.75) is 49.1 Å². The van der Waals surface area contributed by atoms with Crippen molar-refractivity contribution in [3.05, 3.63) is 36.4 Å². The van der Waals surface area contributed by atoms with Crippen LogP contribution in [0.4, 0.5) is 22.0 Å². The summed E-state index contributed by atoms with van der Waals surface area (Å²) in [6.07, 6.45) is -4.02. The molecule has 8 heteroatoms. The minimum atomic E-state index is -5.50. The monoisotopic (exact) mass is 449 g/mol. The summed E-state index contributed by atoms with van der Waals surface area (Å²) in [5.74, 6) is -1.37. The van der Waals surface area contributed by atoms with Gasteiger partial charge < -0.3 is 9.47 Å². The minimum absolute atomic E-state index is 0.133. The molecule has 0 aromatic heterocycles. The number of ether oxygens (including phenoxy) is 2. The maximum atomic E-state index is 12.8. The molecule has 1 saturated heterocycles. The zero-order valence-electron chi connectivity index (χ0n) is 16.6. The molecule has 0 bridgehead atoms. The van der Waals surface area contributed by atoms with Gasteiger partial charge in [-0.15, -0.1) is 0 Å². The van der Waals surface area contributed by atoms with E-state index >= 15 is 0 Å². The van der Waals surface area contributed by atoms with Crippen LogP contribution < -0.4 is 4.74 Å². The first kappa shape index (κ1) is 23.1. The van der Waals surface area contributed by atoms with Gasteiger partial charge in [0.2, 0.25) is 0 Å². The summed E-state index contributed by atoms with van der Waals surface area (Å²) in [5, 5.41) is 2.30. The van der Waals surface area contributed by atoms with Gasteiger partial charge >= 0.3 is 12.1 Å². The molecule has 2 aromatic rings. The van der Waals surface area contributed by atoms with Crippen LogP contribution in [-0.2, 0) is 15.6 Å². The standard InChI is InChI=1S/C22H26F5O2S/c23-21(24,22(25,26)27)11-5-12-28-13-6-14-29-19-9-10-20(30-15-3-4-16-30)18-8-2-1-7-17(18)19/h1-2,7-10H,3-6,11-16H2/q+1. The minimum Gasteiger partial charge on any atom is -0.493 e. The lowest BCUT2D eigenvalue weighted by Gasteiger charge is -2.19. The molecule has 0 saturated carbocycles. The van der Waals surface area contributed by atoms with Crippen LogP contribution in [0.25, 0.3) is 10.8 Å². The summed E-state index contributed by atoms with van der Waals surface area (Å²) in [5.41, 5.74) is 0. The zero-order valence-corrected chi connectivity index (χ0v) is 17.5. The first-order chi connectivity index (χ1) is 14.3. The van der Waals surface area contributed by atoms with Crippen molar-refractivity contribution in [1.29, 1.82) is 0 Å². The van der Waals surface area contributed by atoms with Crippen molar-refractivity contribution >= 4 is 21.7 Å². The van der Waals surface area contributed by atoms with Crippen LogP contribution in [0.3, 0.4) is 0 Å². The maximum Gasteiger partial charge on any atom is 0.453 e. The summed E-state index contributed by atoms with van der Waals surface area (Å²) in [6.45, 7) is 0.496. The predicted molar refractivity (Wildman–Crippen MR) is 110 cm³/mol. The zero-order chi connectivity index (χ0) is 21.6. The average Bonchev–Trinajstić information content (AvgIpc) is 3.23. The highest BCUT2D eigenvalue weighted by Gasteiger charge is 2.56. The molecule has 2 aromatic carbocycles. The third kappa shape index (κ3) is 5.78. The van der Waals surface area contributed by atoms with Gasteiger partial charge in [-0.3, -0.25) is 0 Å². The molecular weight excluding hydrogens is 423 g/mol. The molecule has 166 valence electrons. The molecule has 0 unspecified atom stereocenters. The van der Waals surface area contributed by atoms with E-state index in [1.165, 1.54) is 34.6 Å². The number of fused-ring (bicyclic) bond motifs is 1. The fraction of sp³-hybridized carbons (Fsp3) is 0.545. The van der Waals surface area contributed by atoms with Gasteiger partial charge in [-0.2, -0.15) is 22.0 Å². The molecule has 1 aliphatic rings. The SMILES string of the molecule is FC(F)(F)C(F)(F)CCCOCCCOc1ccc([S+]2CCCC2)c2ccccc12. The first-order valence-corrected chi connectivity index (χ1v) is 11.7. The van der Waals surface area contributed by atoms with Crippen LogP contribution in [0, 0.1) is 0 Å². The Morgan fingerprint density at radius 2 is 1.47 bits per heavy atom. The molecule has 0 spiro atoms. The van der Waals surface area contributed by atoms with Gasteiger partial charge in [0.15, 0.2) is 4.90 Å². The summed E-state index contributed by atoms with van der Waals surface area (Å²) in [4.78, 5) is 1.40. The number of benzene rings is 2. The lowest BCUT2D eigenvalue weighted by atomic mass is 10.1. The highest BCUT2D eigenvalue weighted by molar-refractivity contribution is 7.97. The smallest absolute Gasteiger partial charge is 0.453 e. The Hall–Kier alpha value is -1.54. The lowest BCUT2D eigenvalue weighted by Crippen LogP contribution is -2.36. The number of halogens is 5. The molecule has 3 rings (SSSR count). The predicted octanol–water partition coefficient (Wildman–Crippen LogP) is 6.37. The van der Waals surface area contributed by atoms with Gasteiger partial charge in [0, 0.05) is 47.7 Å². The van der Waals surface area contributed by atoms with E-state index < -0.39 is 18.5 Å². The van der Waals surface area contributed by atoms with Crippen LogP contribution in [0.2, 0.25) is 0 Å². The van der Waals surface area contributed by atoms with E-state index in [4.69, 9.17) is 9.47 Å². The molecule has 0 atom stereocenters. The van der Waals surface area contributed by atoms with Gasteiger partial charge in [-0.05, 0) is 37.5 Å². The van der Waals surface area contributed by atoms with Crippen LogP contribution in [0.15, 0.2) is 41.3 Å². The molecule has 30 heavy (non-hydrogen) atoms. The van der Waals surface area contributed by atoms with Gasteiger partial charge in [0.25, 0.3) is 0 Å². The fourth-order valence-electron chi connectivity index (χ4n) is 3.48. The molecule has 0 N–H and O–H groups in total. The van der Waals surface area contributed by atoms with E-state index in [1.807, 2.05) is 24.3 Å². The highest BCUT2D eigenvalue weighted by Crippen LogP contribution is 2.38. The topological polar surface area (TPSA) is 18.5 Å². The number of alkyl halides is 5. The summed E-state index contributed by atoms with van der Waals surface area (Å²) >= 11 is 0. The van der Waals surface area contributed by atoms with Crippen molar-refractivity contribution < 1.29 is 31.4 Å². The summed E-state index contributed by atoms with van der Waals surface area (Å²) in [6, 6.07) is 12.3. The van der Waals surface area contributed by atoms with Gasteiger partial charge in [-0.1, -0.05) is 18.2 Å². The van der Waals surface area contributed by atoms with Crippen molar-refractivity contribution in [2.24, 2.45) is 0 Å². The van der Waals surface area contributed by atoms with Crippen LogP contribution >= 0.6 is 0 Å². The Balaban J connectivity index is 1.43. The van der Waals surface area contributed by atoms with E-state index in [2.05, 4.69) is 12.1 Å². The lowest BCUT2D eigenvalue weighted by molar-refractivity contribution is -0.285. The van der Waals surface area contributed by atoms with Crippen molar-refractivity contribution in [1.82, 2.24) is 0 Å². The van der Waals surface area contributed by atoms with Gasteiger partial charge in [0.1, 0.15) is 17.3 Å². The van der Waals surface area contributed by atoms with E-state index in [9.17, 15) is 22.0 Å². The molecular formula is C22H26F5O2S+. The summed E-state index contributed by atoms with van der Waals surface area (Å²) < 4.78 is 72.9. The van der Waals surface area contributed by atoms with Crippen LogP contribution in [-0.4, -0.2) is 43.4 Å². The molecule has 1 fully saturated rings. The van der Waals surface area contributed by atoms with Crippen molar-refractivity contribution in [2.75, 3.05) is 31.3 Å².